The first-order valence-corrected chi connectivity index (χ1v) is 7.63. The highest BCUT2D eigenvalue weighted by molar-refractivity contribution is 5.96. The molecule has 122 valence electrons. The van der Waals surface area contributed by atoms with Crippen LogP contribution in [0.4, 0.5) is 5.69 Å². The summed E-state index contributed by atoms with van der Waals surface area (Å²) in [4.78, 5) is 23.9. The lowest BCUT2D eigenvalue weighted by atomic mass is 9.97. The van der Waals surface area contributed by atoms with Crippen LogP contribution < -0.4 is 5.32 Å². The van der Waals surface area contributed by atoms with Gasteiger partial charge in [-0.05, 0) is 37.0 Å². The van der Waals surface area contributed by atoms with Crippen LogP contribution in [0.15, 0.2) is 41.0 Å². The molecule has 0 fully saturated rings. The van der Waals surface area contributed by atoms with Gasteiger partial charge in [-0.1, -0.05) is 32.0 Å². The number of benzene rings is 1. The zero-order chi connectivity index (χ0) is 16.8. The zero-order valence-corrected chi connectivity index (χ0v) is 13.6. The summed E-state index contributed by atoms with van der Waals surface area (Å²) < 4.78 is 10.1. The minimum absolute atomic E-state index is 0.331. The van der Waals surface area contributed by atoms with Crippen molar-refractivity contribution < 1.29 is 18.7 Å². The number of para-hydroxylation sites is 1. The van der Waals surface area contributed by atoms with Gasteiger partial charge in [0.05, 0.1) is 6.26 Å². The summed E-state index contributed by atoms with van der Waals surface area (Å²) in [5.74, 6) is -0.128. The minimum Gasteiger partial charge on any atom is -0.469 e. The summed E-state index contributed by atoms with van der Waals surface area (Å²) in [6.07, 6.45) is 2.38. The average Bonchev–Trinajstić information content (AvgIpc) is 2.98. The number of aryl methyl sites for hydroxylation is 1. The molecule has 1 amide bonds. The largest absolute Gasteiger partial charge is 0.469 e. The van der Waals surface area contributed by atoms with Crippen molar-refractivity contribution in [1.29, 1.82) is 0 Å². The number of amides is 1. The van der Waals surface area contributed by atoms with Gasteiger partial charge in [-0.15, -0.1) is 0 Å². The molecule has 0 bridgehead atoms. The average molecular weight is 315 g/mol. The Morgan fingerprint density at radius 3 is 2.65 bits per heavy atom. The predicted molar refractivity (Wildman–Crippen MR) is 87.5 cm³/mol. The summed E-state index contributed by atoms with van der Waals surface area (Å²) in [5, 5.41) is 2.80. The molecule has 0 saturated heterocycles. The molecular weight excluding hydrogens is 294 g/mol. The molecule has 5 heteroatoms. The number of rotatable bonds is 6. The van der Waals surface area contributed by atoms with E-state index in [4.69, 9.17) is 9.15 Å². The Hall–Kier alpha value is -2.56. The van der Waals surface area contributed by atoms with E-state index in [0.29, 0.717) is 17.2 Å². The highest BCUT2D eigenvalue weighted by atomic mass is 16.5. The van der Waals surface area contributed by atoms with Crippen molar-refractivity contribution in [2.45, 2.75) is 33.1 Å². The Morgan fingerprint density at radius 1 is 1.26 bits per heavy atom. The van der Waals surface area contributed by atoms with Gasteiger partial charge in [0, 0.05) is 5.69 Å². The van der Waals surface area contributed by atoms with E-state index < -0.39 is 5.97 Å². The van der Waals surface area contributed by atoms with E-state index in [2.05, 4.69) is 19.2 Å². The Labute approximate surface area is 135 Å². The van der Waals surface area contributed by atoms with Gasteiger partial charge in [0.2, 0.25) is 0 Å². The normalized spacial score (nSPS) is 11.8. The summed E-state index contributed by atoms with van der Waals surface area (Å²) in [7, 11) is 0. The third-order valence-electron chi connectivity index (χ3n) is 3.79. The van der Waals surface area contributed by atoms with Crippen LogP contribution in [0.1, 0.15) is 47.9 Å². The van der Waals surface area contributed by atoms with Crippen molar-refractivity contribution in [3.63, 3.8) is 0 Å². The molecule has 0 spiro atoms. The Bertz CT molecular complexity index is 690. The lowest BCUT2D eigenvalue weighted by molar-refractivity contribution is -0.119. The summed E-state index contributed by atoms with van der Waals surface area (Å²) in [5.41, 5.74) is 2.15. The summed E-state index contributed by atoms with van der Waals surface area (Å²) in [6, 6.07) is 9.17. The van der Waals surface area contributed by atoms with Crippen molar-refractivity contribution >= 4 is 17.6 Å². The Balaban J connectivity index is 1.95. The Morgan fingerprint density at radius 2 is 2.00 bits per heavy atom. The molecule has 1 heterocycles. The van der Waals surface area contributed by atoms with Crippen LogP contribution >= 0.6 is 0 Å². The quantitative estimate of drug-likeness (QED) is 0.821. The van der Waals surface area contributed by atoms with Gasteiger partial charge in [-0.3, -0.25) is 4.79 Å². The molecule has 0 radical (unpaired) electrons. The van der Waals surface area contributed by atoms with Gasteiger partial charge >= 0.3 is 5.97 Å². The number of hydrogen-bond donors (Lipinski definition) is 1. The van der Waals surface area contributed by atoms with Gasteiger partial charge in [0.25, 0.3) is 5.91 Å². The molecule has 0 aliphatic carbocycles. The molecule has 2 aromatic rings. The second-order valence-corrected chi connectivity index (χ2v) is 5.41. The summed E-state index contributed by atoms with van der Waals surface area (Å²) in [6.45, 7) is 5.53. The first-order valence-electron chi connectivity index (χ1n) is 7.63. The highest BCUT2D eigenvalue weighted by Gasteiger charge is 2.16. The van der Waals surface area contributed by atoms with Gasteiger partial charge in [0.1, 0.15) is 11.3 Å². The number of anilines is 1. The maximum Gasteiger partial charge on any atom is 0.342 e. The fourth-order valence-corrected chi connectivity index (χ4v) is 2.25. The SMILES string of the molecule is CC[C@H](C)c1ccccc1NC(=O)COC(=O)c1ccoc1C. The van der Waals surface area contributed by atoms with Crippen LogP contribution in [0.25, 0.3) is 0 Å². The van der Waals surface area contributed by atoms with E-state index in [1.165, 1.54) is 12.3 Å². The molecule has 0 aliphatic heterocycles. The molecule has 23 heavy (non-hydrogen) atoms. The molecule has 1 atom stereocenters. The third kappa shape index (κ3) is 4.22. The van der Waals surface area contributed by atoms with Crippen LogP contribution in [-0.2, 0) is 9.53 Å². The first kappa shape index (κ1) is 16.8. The molecule has 1 aromatic heterocycles. The van der Waals surface area contributed by atoms with E-state index >= 15 is 0 Å². The molecule has 0 unspecified atom stereocenters. The number of esters is 1. The molecule has 1 N–H and O–H groups in total. The highest BCUT2D eigenvalue weighted by Crippen LogP contribution is 2.26. The smallest absolute Gasteiger partial charge is 0.342 e. The van der Waals surface area contributed by atoms with E-state index in [1.54, 1.807) is 6.92 Å². The van der Waals surface area contributed by atoms with Gasteiger partial charge in [-0.25, -0.2) is 4.79 Å². The molecule has 0 saturated carbocycles. The Kier molecular flexibility index (Phi) is 5.57. The maximum atomic E-state index is 12.0. The fourth-order valence-electron chi connectivity index (χ4n) is 2.25. The van der Waals surface area contributed by atoms with Crippen molar-refractivity contribution in [1.82, 2.24) is 0 Å². The maximum absolute atomic E-state index is 12.0. The number of furan rings is 1. The number of carbonyl (C=O) groups excluding carboxylic acids is 2. The first-order chi connectivity index (χ1) is 11.0. The number of nitrogens with one attached hydrogen (secondary N) is 1. The van der Waals surface area contributed by atoms with Crippen molar-refractivity contribution in [2.75, 3.05) is 11.9 Å². The van der Waals surface area contributed by atoms with E-state index in [0.717, 1.165) is 17.7 Å². The second-order valence-electron chi connectivity index (χ2n) is 5.41. The van der Waals surface area contributed by atoms with Crippen LogP contribution in [0, 0.1) is 6.92 Å². The van der Waals surface area contributed by atoms with Gasteiger partial charge < -0.3 is 14.5 Å². The van der Waals surface area contributed by atoms with Crippen LogP contribution in [0.2, 0.25) is 0 Å². The van der Waals surface area contributed by atoms with Crippen LogP contribution in [-0.4, -0.2) is 18.5 Å². The van der Waals surface area contributed by atoms with Crippen molar-refractivity contribution in [2.24, 2.45) is 0 Å². The van der Waals surface area contributed by atoms with Gasteiger partial charge in [-0.2, -0.15) is 0 Å². The lowest BCUT2D eigenvalue weighted by Crippen LogP contribution is -2.21. The minimum atomic E-state index is -0.568. The van der Waals surface area contributed by atoms with Crippen molar-refractivity contribution in [3.05, 3.63) is 53.5 Å². The van der Waals surface area contributed by atoms with E-state index in [1.807, 2.05) is 24.3 Å². The number of carbonyl (C=O) groups is 2. The molecule has 2 rings (SSSR count). The topological polar surface area (TPSA) is 68.5 Å². The number of hydrogen-bond acceptors (Lipinski definition) is 4. The monoisotopic (exact) mass is 315 g/mol. The molecular formula is C18H21NO4. The second kappa shape index (κ2) is 7.63. The standard InChI is InChI=1S/C18H21NO4/c1-4-12(2)14-7-5-6-8-16(14)19-17(20)11-23-18(21)15-9-10-22-13(15)3/h5-10,12H,4,11H2,1-3H3,(H,19,20)/t12-/m0/s1. The van der Waals surface area contributed by atoms with E-state index in [-0.39, 0.29) is 12.5 Å². The lowest BCUT2D eigenvalue weighted by Gasteiger charge is -2.15. The van der Waals surface area contributed by atoms with Crippen molar-refractivity contribution in [3.8, 4) is 0 Å². The van der Waals surface area contributed by atoms with Gasteiger partial charge in [0.15, 0.2) is 6.61 Å². The third-order valence-corrected chi connectivity index (χ3v) is 3.79. The van der Waals surface area contributed by atoms with Crippen LogP contribution in [0.3, 0.4) is 0 Å². The van der Waals surface area contributed by atoms with Crippen LogP contribution in [0.5, 0.6) is 0 Å². The summed E-state index contributed by atoms with van der Waals surface area (Å²) >= 11 is 0. The molecule has 5 nitrogen and oxygen atoms in total. The zero-order valence-electron chi connectivity index (χ0n) is 13.6. The predicted octanol–water partition coefficient (Wildman–Crippen LogP) is 3.90. The molecule has 1 aromatic carbocycles. The van der Waals surface area contributed by atoms with E-state index in [9.17, 15) is 9.59 Å². The molecule has 0 aliphatic rings. The fraction of sp³-hybridized carbons (Fsp3) is 0.333. The number of ether oxygens (including phenoxy) is 1.